The molecule has 1 aliphatic carbocycles. The summed E-state index contributed by atoms with van der Waals surface area (Å²) in [6, 6.07) is 4.88. The van der Waals surface area contributed by atoms with Crippen molar-refractivity contribution in [2.45, 2.75) is 56.7 Å². The van der Waals surface area contributed by atoms with Crippen molar-refractivity contribution in [3.63, 3.8) is 0 Å². The molecule has 184 valence electrons. The summed E-state index contributed by atoms with van der Waals surface area (Å²) in [6.45, 7) is 5.02. The molecule has 2 aromatic rings. The summed E-state index contributed by atoms with van der Waals surface area (Å²) in [5.74, 6) is 0.286. The zero-order valence-corrected chi connectivity index (χ0v) is 20.9. The molecular weight excluding hydrogens is 452 g/mol. The van der Waals surface area contributed by atoms with E-state index >= 15 is 0 Å². The van der Waals surface area contributed by atoms with Crippen LogP contribution in [0.2, 0.25) is 0 Å². The molecule has 0 bridgehead atoms. The molecule has 8 nitrogen and oxygen atoms in total. The van der Waals surface area contributed by atoms with E-state index in [1.807, 2.05) is 26.1 Å². The number of likely N-dealkylation sites (N-methyl/N-ethyl adjacent to an activating group) is 1. The fourth-order valence-electron chi connectivity index (χ4n) is 4.67. The molecule has 0 saturated heterocycles. The number of ether oxygens (including phenoxy) is 1. The first-order valence-electron chi connectivity index (χ1n) is 11.8. The Morgan fingerprint density at radius 1 is 1.29 bits per heavy atom. The van der Waals surface area contributed by atoms with Crippen molar-refractivity contribution in [1.29, 1.82) is 0 Å². The zero-order chi connectivity index (χ0) is 24.3. The molecule has 1 N–H and O–H groups in total. The molecule has 1 aromatic carbocycles. The maximum atomic E-state index is 13.6. The first kappa shape index (κ1) is 24.8. The number of aromatic nitrogens is 2. The molecule has 0 spiro atoms. The Morgan fingerprint density at radius 3 is 2.74 bits per heavy atom. The van der Waals surface area contributed by atoms with Gasteiger partial charge in [-0.3, -0.25) is 4.90 Å². The van der Waals surface area contributed by atoms with Gasteiger partial charge in [-0.15, -0.1) is 0 Å². The van der Waals surface area contributed by atoms with E-state index in [1.54, 1.807) is 25.4 Å². The van der Waals surface area contributed by atoms with E-state index in [0.29, 0.717) is 18.8 Å². The van der Waals surface area contributed by atoms with Crippen LogP contribution in [0.3, 0.4) is 0 Å². The number of fused-ring (bicyclic) bond motifs is 1. The van der Waals surface area contributed by atoms with Gasteiger partial charge < -0.3 is 9.84 Å². The molecule has 1 aliphatic heterocycles. The minimum absolute atomic E-state index is 0.0965. The van der Waals surface area contributed by atoms with Crippen molar-refractivity contribution in [3.05, 3.63) is 54.1 Å². The molecule has 2 heterocycles. The van der Waals surface area contributed by atoms with E-state index in [9.17, 15) is 13.5 Å². The maximum Gasteiger partial charge on any atom is 0.247 e. The molecule has 0 unspecified atom stereocenters. The number of allylic oxidation sites excluding steroid dienone is 2. The highest BCUT2D eigenvalue weighted by molar-refractivity contribution is 7.89. The van der Waals surface area contributed by atoms with Crippen LogP contribution in [0.25, 0.3) is 5.57 Å². The third-order valence-electron chi connectivity index (χ3n) is 6.64. The van der Waals surface area contributed by atoms with Crippen molar-refractivity contribution in [2.24, 2.45) is 5.92 Å². The van der Waals surface area contributed by atoms with Gasteiger partial charge >= 0.3 is 0 Å². The number of rotatable bonds is 7. The summed E-state index contributed by atoms with van der Waals surface area (Å²) in [6.07, 6.45) is 10.2. The van der Waals surface area contributed by atoms with Gasteiger partial charge in [0.25, 0.3) is 0 Å². The number of sulfonamides is 1. The van der Waals surface area contributed by atoms with Gasteiger partial charge in [0.1, 0.15) is 23.1 Å². The van der Waals surface area contributed by atoms with Crippen molar-refractivity contribution >= 4 is 15.6 Å². The van der Waals surface area contributed by atoms with Crippen molar-refractivity contribution < 1.29 is 18.3 Å². The number of benzene rings is 1. The first-order valence-corrected chi connectivity index (χ1v) is 13.3. The Bertz CT molecular complexity index is 1120. The Kier molecular flexibility index (Phi) is 7.67. The quantitative estimate of drug-likeness (QED) is 0.643. The highest BCUT2D eigenvalue weighted by Crippen LogP contribution is 2.37. The van der Waals surface area contributed by atoms with Gasteiger partial charge in [-0.1, -0.05) is 19.1 Å². The summed E-state index contributed by atoms with van der Waals surface area (Å²) in [5.41, 5.74) is 3.24. The van der Waals surface area contributed by atoms with Crippen molar-refractivity contribution in [3.8, 4) is 5.75 Å². The Morgan fingerprint density at radius 2 is 2.06 bits per heavy atom. The SMILES string of the molecule is C[C@@H]1CN([C@H](C)CO)S(=O)(=O)c2ccc(C3=CCCC3)cc2O[C@@H]1CN(C)Cc1cncnc1. The molecule has 4 rings (SSSR count). The fourth-order valence-corrected chi connectivity index (χ4v) is 6.50. The molecule has 2 aliphatic rings. The van der Waals surface area contributed by atoms with Crippen LogP contribution in [-0.2, 0) is 16.6 Å². The van der Waals surface area contributed by atoms with E-state index in [4.69, 9.17) is 4.74 Å². The lowest BCUT2D eigenvalue weighted by Gasteiger charge is -2.37. The normalized spacial score (nSPS) is 23.5. The Labute approximate surface area is 202 Å². The zero-order valence-electron chi connectivity index (χ0n) is 20.1. The molecular formula is C25H34N4O4S. The molecule has 3 atom stereocenters. The molecule has 34 heavy (non-hydrogen) atoms. The lowest BCUT2D eigenvalue weighted by Crippen LogP contribution is -2.49. The molecule has 9 heteroatoms. The van der Waals surface area contributed by atoms with Crippen LogP contribution in [0.4, 0.5) is 0 Å². The summed E-state index contributed by atoms with van der Waals surface area (Å²) in [7, 11) is -1.82. The Balaban J connectivity index is 1.69. The molecule has 0 fully saturated rings. The van der Waals surface area contributed by atoms with Crippen LogP contribution >= 0.6 is 0 Å². The minimum Gasteiger partial charge on any atom is -0.487 e. The predicted octanol–water partition coefficient (Wildman–Crippen LogP) is 2.94. The van der Waals surface area contributed by atoms with E-state index in [1.165, 1.54) is 16.2 Å². The van der Waals surface area contributed by atoms with Crippen LogP contribution in [0.1, 0.15) is 44.2 Å². The predicted molar refractivity (Wildman–Crippen MR) is 131 cm³/mol. The second-order valence-corrected chi connectivity index (χ2v) is 11.3. The van der Waals surface area contributed by atoms with Gasteiger partial charge in [0.15, 0.2) is 0 Å². The first-order chi connectivity index (χ1) is 16.3. The average molecular weight is 487 g/mol. The summed E-state index contributed by atoms with van der Waals surface area (Å²) >= 11 is 0. The third-order valence-corrected chi connectivity index (χ3v) is 8.66. The highest BCUT2D eigenvalue weighted by Gasteiger charge is 2.38. The third kappa shape index (κ3) is 5.33. The van der Waals surface area contributed by atoms with Gasteiger partial charge in [0, 0.05) is 49.6 Å². The van der Waals surface area contributed by atoms with Crippen LogP contribution < -0.4 is 4.74 Å². The Hall–Kier alpha value is -2.33. The number of hydrogen-bond donors (Lipinski definition) is 1. The van der Waals surface area contributed by atoms with Crippen LogP contribution in [0.5, 0.6) is 5.75 Å². The van der Waals surface area contributed by atoms with E-state index in [-0.39, 0.29) is 30.1 Å². The van der Waals surface area contributed by atoms with Gasteiger partial charge in [-0.25, -0.2) is 18.4 Å². The van der Waals surface area contributed by atoms with Crippen LogP contribution in [0.15, 0.2) is 47.9 Å². The van der Waals surface area contributed by atoms with Crippen LogP contribution in [-0.4, -0.2) is 71.6 Å². The van der Waals surface area contributed by atoms with Gasteiger partial charge in [0.2, 0.25) is 10.0 Å². The van der Waals surface area contributed by atoms with E-state index in [2.05, 4.69) is 20.9 Å². The smallest absolute Gasteiger partial charge is 0.247 e. The maximum absolute atomic E-state index is 13.6. The molecule has 0 amide bonds. The topological polar surface area (TPSA) is 95.9 Å². The molecule has 0 radical (unpaired) electrons. The second kappa shape index (κ2) is 10.5. The number of nitrogens with zero attached hydrogens (tertiary/aromatic N) is 4. The molecule has 1 aromatic heterocycles. The minimum atomic E-state index is -3.83. The monoisotopic (exact) mass is 486 g/mol. The number of hydrogen-bond acceptors (Lipinski definition) is 7. The summed E-state index contributed by atoms with van der Waals surface area (Å²) < 4.78 is 35.2. The molecule has 0 saturated carbocycles. The largest absolute Gasteiger partial charge is 0.487 e. The van der Waals surface area contributed by atoms with Gasteiger partial charge in [-0.2, -0.15) is 4.31 Å². The summed E-state index contributed by atoms with van der Waals surface area (Å²) in [4.78, 5) is 10.5. The van der Waals surface area contributed by atoms with Gasteiger partial charge in [0.05, 0.1) is 6.61 Å². The highest BCUT2D eigenvalue weighted by atomic mass is 32.2. The number of aliphatic hydroxyl groups excluding tert-OH is 1. The fraction of sp³-hybridized carbons (Fsp3) is 0.520. The van der Waals surface area contributed by atoms with Crippen molar-refractivity contribution in [1.82, 2.24) is 19.2 Å². The van der Waals surface area contributed by atoms with Crippen molar-refractivity contribution in [2.75, 3.05) is 26.7 Å². The van der Waals surface area contributed by atoms with Gasteiger partial charge in [-0.05, 0) is 56.5 Å². The summed E-state index contributed by atoms with van der Waals surface area (Å²) in [5, 5.41) is 9.81. The lowest BCUT2D eigenvalue weighted by molar-refractivity contribution is 0.0733. The standard InChI is InChI=1S/C25H34N4O4S/c1-18-13-29(19(2)16-30)34(31,32)25-9-8-22(21-6-4-5-7-21)10-23(25)33-24(18)15-28(3)14-20-11-26-17-27-12-20/h6,8-12,17-19,24,30H,4-5,7,13-16H2,1-3H3/t18-,19-,24-/m1/s1. The number of aliphatic hydroxyl groups is 1. The lowest BCUT2D eigenvalue weighted by atomic mass is 10.0. The van der Waals surface area contributed by atoms with E-state index < -0.39 is 16.1 Å². The second-order valence-electron chi connectivity index (χ2n) is 9.47. The average Bonchev–Trinajstić information content (AvgIpc) is 3.36. The van der Waals surface area contributed by atoms with Crippen LogP contribution in [0, 0.1) is 5.92 Å². The van der Waals surface area contributed by atoms with E-state index in [0.717, 1.165) is 30.4 Å².